The number of carbonyl (C=O) groups is 1. The van der Waals surface area contributed by atoms with Crippen LogP contribution in [0.2, 0.25) is 0 Å². The molecule has 0 atom stereocenters. The maximum atomic E-state index is 11.7. The highest BCUT2D eigenvalue weighted by atomic mass is 16.6. The summed E-state index contributed by atoms with van der Waals surface area (Å²) < 4.78 is 6.73. The molecule has 0 spiro atoms. The van der Waals surface area contributed by atoms with Crippen molar-refractivity contribution in [3.8, 4) is 0 Å². The Labute approximate surface area is 107 Å². The Kier molecular flexibility index (Phi) is 3.96. The van der Waals surface area contributed by atoms with Crippen LogP contribution in [0.4, 0.5) is 16.3 Å². The molecule has 0 aromatic carbocycles. The second-order valence-corrected chi connectivity index (χ2v) is 5.16. The molecule has 1 N–H and O–H groups in total. The molecule has 0 saturated heterocycles. The average Bonchev–Trinajstić information content (AvgIpc) is 2.57. The number of nitrogens with one attached hydrogen (secondary N) is 1. The Morgan fingerprint density at radius 1 is 1.56 bits per heavy atom. The molecule has 0 aliphatic rings. The summed E-state index contributed by atoms with van der Waals surface area (Å²) in [7, 11) is 0. The van der Waals surface area contributed by atoms with Gasteiger partial charge in [-0.2, -0.15) is 5.10 Å². The molecule has 0 bridgehead atoms. The van der Waals surface area contributed by atoms with Gasteiger partial charge in [0.15, 0.2) is 0 Å². The summed E-state index contributed by atoms with van der Waals surface area (Å²) in [6.07, 6.45) is 0.842. The van der Waals surface area contributed by atoms with E-state index >= 15 is 0 Å². The van der Waals surface area contributed by atoms with Gasteiger partial charge in [0.25, 0.3) is 0 Å². The first kappa shape index (κ1) is 14.0. The number of hydrogen-bond donors (Lipinski definition) is 1. The van der Waals surface area contributed by atoms with Crippen molar-refractivity contribution in [3.63, 3.8) is 0 Å². The van der Waals surface area contributed by atoms with Crippen LogP contribution in [0.15, 0.2) is 6.20 Å². The normalized spacial score (nSPS) is 11.2. The monoisotopic (exact) mass is 250 g/mol. The van der Waals surface area contributed by atoms with Crippen LogP contribution < -0.4 is 5.32 Å². The van der Waals surface area contributed by atoms with Gasteiger partial charge in [0.05, 0.1) is 12.8 Å². The largest absolute Gasteiger partial charge is 0.444 e. The summed E-state index contributed by atoms with van der Waals surface area (Å²) in [5, 5.41) is 6.64. The molecule has 1 rings (SSSR count). The average molecular weight is 250 g/mol. The third-order valence-electron chi connectivity index (χ3n) is 2.01. The Balaban J connectivity index is 2.93. The lowest BCUT2D eigenvalue weighted by molar-refractivity contribution is 0.0634. The molecule has 6 heteroatoms. The number of nitrogens with zero attached hydrogens (tertiary/aromatic N) is 3. The number of ether oxygens (including phenoxy) is 1. The molecule has 0 aliphatic carbocycles. The standard InChI is InChI=1S/C12H18N4O2/c1-8(2)16-10(9(13-6)7-14-16)15-11(17)18-12(3,4)5/h7-8H,1-5H3,(H,15,17). The van der Waals surface area contributed by atoms with Gasteiger partial charge in [-0.15, -0.1) is 0 Å². The van der Waals surface area contributed by atoms with Crippen LogP contribution in [0.5, 0.6) is 0 Å². The zero-order valence-electron chi connectivity index (χ0n) is 11.3. The van der Waals surface area contributed by atoms with E-state index in [1.807, 2.05) is 13.8 Å². The lowest BCUT2D eigenvalue weighted by atomic mass is 10.2. The van der Waals surface area contributed by atoms with Gasteiger partial charge in [0.2, 0.25) is 5.69 Å². The van der Waals surface area contributed by atoms with Crippen LogP contribution in [0, 0.1) is 6.57 Å². The van der Waals surface area contributed by atoms with E-state index in [1.165, 1.54) is 6.20 Å². The third kappa shape index (κ3) is 3.48. The lowest BCUT2D eigenvalue weighted by Gasteiger charge is -2.20. The second-order valence-electron chi connectivity index (χ2n) is 5.16. The molecular formula is C12H18N4O2. The Morgan fingerprint density at radius 2 is 2.17 bits per heavy atom. The van der Waals surface area contributed by atoms with Crippen LogP contribution in [0.25, 0.3) is 4.85 Å². The number of hydrogen-bond acceptors (Lipinski definition) is 3. The van der Waals surface area contributed by atoms with E-state index in [2.05, 4.69) is 15.3 Å². The van der Waals surface area contributed by atoms with Crippen LogP contribution in [-0.4, -0.2) is 21.5 Å². The quantitative estimate of drug-likeness (QED) is 0.819. The Bertz CT molecular complexity index is 477. The van der Waals surface area contributed by atoms with Gasteiger partial charge in [-0.25, -0.2) is 9.64 Å². The summed E-state index contributed by atoms with van der Waals surface area (Å²) >= 11 is 0. The summed E-state index contributed by atoms with van der Waals surface area (Å²) in [5.74, 6) is 0.370. The molecule has 0 fully saturated rings. The molecule has 0 aliphatic heterocycles. The summed E-state index contributed by atoms with van der Waals surface area (Å²) in [5.41, 5.74) is -0.278. The molecule has 0 saturated carbocycles. The minimum Gasteiger partial charge on any atom is -0.444 e. The second kappa shape index (κ2) is 5.08. The van der Waals surface area contributed by atoms with E-state index in [9.17, 15) is 4.79 Å². The van der Waals surface area contributed by atoms with Gasteiger partial charge >= 0.3 is 6.09 Å². The van der Waals surface area contributed by atoms with Crippen molar-refractivity contribution in [2.75, 3.05) is 5.32 Å². The minimum absolute atomic E-state index is 0.0467. The van der Waals surface area contributed by atoms with Crippen molar-refractivity contribution in [1.29, 1.82) is 0 Å². The first-order valence-electron chi connectivity index (χ1n) is 5.69. The Morgan fingerprint density at radius 3 is 2.61 bits per heavy atom. The Hall–Kier alpha value is -2.03. The van der Waals surface area contributed by atoms with Crippen molar-refractivity contribution < 1.29 is 9.53 Å². The van der Waals surface area contributed by atoms with E-state index in [0.717, 1.165) is 0 Å². The first-order chi connectivity index (χ1) is 8.24. The van der Waals surface area contributed by atoms with Crippen molar-refractivity contribution >= 4 is 17.6 Å². The van der Waals surface area contributed by atoms with E-state index in [0.29, 0.717) is 11.5 Å². The van der Waals surface area contributed by atoms with E-state index < -0.39 is 11.7 Å². The number of rotatable bonds is 2. The highest BCUT2D eigenvalue weighted by Crippen LogP contribution is 2.27. The zero-order chi connectivity index (χ0) is 13.9. The van der Waals surface area contributed by atoms with Gasteiger partial charge in [-0.3, -0.25) is 10.00 Å². The molecule has 6 nitrogen and oxygen atoms in total. The predicted octanol–water partition coefficient (Wildman–Crippen LogP) is 3.36. The maximum Gasteiger partial charge on any atom is 0.412 e. The zero-order valence-corrected chi connectivity index (χ0v) is 11.3. The van der Waals surface area contributed by atoms with E-state index in [1.54, 1.807) is 25.5 Å². The van der Waals surface area contributed by atoms with Crippen molar-refractivity contribution in [3.05, 3.63) is 17.6 Å². The van der Waals surface area contributed by atoms with Gasteiger partial charge in [-0.1, -0.05) is 0 Å². The molecule has 1 amide bonds. The molecule has 1 heterocycles. The molecule has 1 aromatic heterocycles. The van der Waals surface area contributed by atoms with Crippen molar-refractivity contribution in [1.82, 2.24) is 9.78 Å². The molecule has 18 heavy (non-hydrogen) atoms. The SMILES string of the molecule is [C-]#[N+]c1cnn(C(C)C)c1NC(=O)OC(C)(C)C. The fourth-order valence-corrected chi connectivity index (χ4v) is 1.35. The smallest absolute Gasteiger partial charge is 0.412 e. The number of anilines is 1. The van der Waals surface area contributed by atoms with E-state index in [-0.39, 0.29) is 6.04 Å². The van der Waals surface area contributed by atoms with Crippen LogP contribution >= 0.6 is 0 Å². The van der Waals surface area contributed by atoms with Crippen LogP contribution in [0.1, 0.15) is 40.7 Å². The lowest BCUT2D eigenvalue weighted by Crippen LogP contribution is -2.28. The number of aromatic nitrogens is 2. The van der Waals surface area contributed by atoms with Crippen molar-refractivity contribution in [2.24, 2.45) is 0 Å². The highest BCUT2D eigenvalue weighted by Gasteiger charge is 2.20. The minimum atomic E-state index is -0.588. The third-order valence-corrected chi connectivity index (χ3v) is 2.01. The fourth-order valence-electron chi connectivity index (χ4n) is 1.35. The fraction of sp³-hybridized carbons (Fsp3) is 0.583. The summed E-state index contributed by atoms with van der Waals surface area (Å²) in [6.45, 7) is 16.2. The van der Waals surface area contributed by atoms with Gasteiger partial charge < -0.3 is 4.74 Å². The molecule has 0 unspecified atom stereocenters. The van der Waals surface area contributed by atoms with E-state index in [4.69, 9.17) is 11.3 Å². The predicted molar refractivity (Wildman–Crippen MR) is 68.7 cm³/mol. The van der Waals surface area contributed by atoms with Crippen molar-refractivity contribution in [2.45, 2.75) is 46.3 Å². The molecule has 0 radical (unpaired) electrons. The molecule has 1 aromatic rings. The van der Waals surface area contributed by atoms with Gasteiger partial charge in [0, 0.05) is 6.04 Å². The van der Waals surface area contributed by atoms with Gasteiger partial charge in [0.1, 0.15) is 11.4 Å². The number of carbonyl (C=O) groups excluding carboxylic acids is 1. The summed E-state index contributed by atoms with van der Waals surface area (Å²) in [4.78, 5) is 15.0. The molecular weight excluding hydrogens is 232 g/mol. The summed E-state index contributed by atoms with van der Waals surface area (Å²) in [6, 6.07) is 0.0467. The van der Waals surface area contributed by atoms with Crippen LogP contribution in [0.3, 0.4) is 0 Å². The number of amides is 1. The molecule has 98 valence electrons. The maximum absolute atomic E-state index is 11.7. The van der Waals surface area contributed by atoms with Crippen LogP contribution in [-0.2, 0) is 4.74 Å². The topological polar surface area (TPSA) is 60.5 Å². The first-order valence-corrected chi connectivity index (χ1v) is 5.69. The van der Waals surface area contributed by atoms with Gasteiger partial charge in [-0.05, 0) is 34.6 Å². The highest BCUT2D eigenvalue weighted by molar-refractivity contribution is 5.88.